The van der Waals surface area contributed by atoms with Gasteiger partial charge in [-0.05, 0) is 31.3 Å². The SMILES string of the molecule is CN1CCc2nc(C(=O)N[C@H]3COC(=O)C[C@@H]3NC(=O)c3cc4cc(Cl)ccc4[nH]3)sc2C1.Cl. The molecule has 0 radical (unpaired) electrons. The quantitative estimate of drug-likeness (QED) is 0.452. The van der Waals surface area contributed by atoms with Crippen LogP contribution in [0.15, 0.2) is 24.3 Å². The number of benzene rings is 1. The number of likely N-dealkylation sites (N-methyl/N-ethyl adjacent to an activating group) is 1. The number of cyclic esters (lactones) is 1. The van der Waals surface area contributed by atoms with Gasteiger partial charge in [0.1, 0.15) is 12.3 Å². The van der Waals surface area contributed by atoms with E-state index in [9.17, 15) is 14.4 Å². The zero-order valence-electron chi connectivity index (χ0n) is 18.2. The number of H-pyrrole nitrogens is 1. The van der Waals surface area contributed by atoms with E-state index in [-0.39, 0.29) is 37.2 Å². The highest BCUT2D eigenvalue weighted by Gasteiger charge is 2.34. The molecular formula is C22H23Cl2N5O4S. The van der Waals surface area contributed by atoms with E-state index in [0.717, 1.165) is 41.0 Å². The second kappa shape index (κ2) is 9.91. The van der Waals surface area contributed by atoms with Crippen molar-refractivity contribution in [3.05, 3.63) is 50.6 Å². The summed E-state index contributed by atoms with van der Waals surface area (Å²) in [5.74, 6) is -1.14. The number of halogens is 2. The number of nitrogens with zero attached hydrogens (tertiary/aromatic N) is 2. The third-order valence-electron chi connectivity index (χ3n) is 5.87. The molecule has 2 amide bonds. The summed E-state index contributed by atoms with van der Waals surface area (Å²) in [4.78, 5) is 48.5. The number of esters is 1. The van der Waals surface area contributed by atoms with Gasteiger partial charge in [0.25, 0.3) is 11.8 Å². The van der Waals surface area contributed by atoms with Gasteiger partial charge in [0, 0.05) is 40.3 Å². The largest absolute Gasteiger partial charge is 0.463 e. The van der Waals surface area contributed by atoms with Crippen LogP contribution >= 0.6 is 35.3 Å². The fourth-order valence-electron chi connectivity index (χ4n) is 4.10. The lowest BCUT2D eigenvalue weighted by Gasteiger charge is -2.31. The molecule has 0 aliphatic carbocycles. The Morgan fingerprint density at radius 1 is 1.24 bits per heavy atom. The molecule has 4 heterocycles. The molecule has 0 spiro atoms. The first kappa shape index (κ1) is 24.5. The summed E-state index contributed by atoms with van der Waals surface area (Å²) < 4.78 is 5.15. The van der Waals surface area contributed by atoms with E-state index in [2.05, 4.69) is 25.5 Å². The first-order chi connectivity index (χ1) is 15.9. The fraction of sp³-hybridized carbons (Fsp3) is 0.364. The van der Waals surface area contributed by atoms with Gasteiger partial charge in [0.15, 0.2) is 5.01 Å². The van der Waals surface area contributed by atoms with Crippen LogP contribution in [0.25, 0.3) is 10.9 Å². The van der Waals surface area contributed by atoms with Crippen molar-refractivity contribution in [2.75, 3.05) is 20.2 Å². The summed E-state index contributed by atoms with van der Waals surface area (Å²) >= 11 is 7.40. The molecule has 3 aromatic rings. The molecule has 12 heteroatoms. The normalized spacial score (nSPS) is 20.2. The monoisotopic (exact) mass is 523 g/mol. The first-order valence-electron chi connectivity index (χ1n) is 10.6. The Labute approximate surface area is 210 Å². The predicted molar refractivity (Wildman–Crippen MR) is 131 cm³/mol. The first-order valence-corrected chi connectivity index (χ1v) is 11.8. The predicted octanol–water partition coefficient (Wildman–Crippen LogP) is 2.53. The molecule has 2 atom stereocenters. The minimum Gasteiger partial charge on any atom is -0.463 e. The van der Waals surface area contributed by atoms with Crippen LogP contribution in [0.4, 0.5) is 0 Å². The number of fused-ring (bicyclic) bond motifs is 2. The van der Waals surface area contributed by atoms with E-state index >= 15 is 0 Å². The molecule has 0 unspecified atom stereocenters. The topological polar surface area (TPSA) is 116 Å². The molecule has 3 N–H and O–H groups in total. The van der Waals surface area contributed by atoms with Crippen molar-refractivity contribution < 1.29 is 19.1 Å². The van der Waals surface area contributed by atoms with Crippen molar-refractivity contribution in [2.24, 2.45) is 0 Å². The summed E-state index contributed by atoms with van der Waals surface area (Å²) in [6, 6.07) is 5.80. The maximum absolute atomic E-state index is 12.9. The Morgan fingerprint density at radius 2 is 2.03 bits per heavy atom. The van der Waals surface area contributed by atoms with Gasteiger partial charge in [-0.15, -0.1) is 23.7 Å². The Kier molecular flexibility index (Phi) is 7.13. The van der Waals surface area contributed by atoms with Gasteiger partial charge in [0.2, 0.25) is 0 Å². The molecule has 1 fully saturated rings. The minimum atomic E-state index is -0.613. The summed E-state index contributed by atoms with van der Waals surface area (Å²) in [5.41, 5.74) is 2.07. The van der Waals surface area contributed by atoms with Crippen molar-refractivity contribution in [1.82, 2.24) is 25.5 Å². The molecule has 9 nitrogen and oxygen atoms in total. The van der Waals surface area contributed by atoms with Crippen molar-refractivity contribution in [3.63, 3.8) is 0 Å². The third kappa shape index (κ3) is 5.05. The minimum absolute atomic E-state index is 0. The lowest BCUT2D eigenvalue weighted by atomic mass is 10.0. The summed E-state index contributed by atoms with van der Waals surface area (Å²) in [6.45, 7) is 1.66. The molecule has 2 aliphatic rings. The maximum atomic E-state index is 12.9. The zero-order chi connectivity index (χ0) is 23.1. The number of amides is 2. The number of hydrogen-bond acceptors (Lipinski definition) is 7. The highest BCUT2D eigenvalue weighted by atomic mass is 35.5. The van der Waals surface area contributed by atoms with Crippen molar-refractivity contribution >= 4 is 64.0 Å². The molecule has 180 valence electrons. The average molecular weight is 524 g/mol. The van der Waals surface area contributed by atoms with Crippen LogP contribution in [0.5, 0.6) is 0 Å². The second-order valence-electron chi connectivity index (χ2n) is 8.34. The van der Waals surface area contributed by atoms with Crippen LogP contribution in [-0.2, 0) is 22.5 Å². The smallest absolute Gasteiger partial charge is 0.308 e. The average Bonchev–Trinajstić information content (AvgIpc) is 3.39. The number of carbonyl (C=O) groups excluding carboxylic acids is 3. The Bertz CT molecular complexity index is 1260. The van der Waals surface area contributed by atoms with Crippen molar-refractivity contribution in [2.45, 2.75) is 31.5 Å². The number of hydrogen-bond donors (Lipinski definition) is 3. The molecule has 5 rings (SSSR count). The zero-order valence-corrected chi connectivity index (χ0v) is 20.6. The summed E-state index contributed by atoms with van der Waals surface area (Å²) in [6.07, 6.45) is 0.771. The van der Waals surface area contributed by atoms with E-state index in [4.69, 9.17) is 16.3 Å². The van der Waals surface area contributed by atoms with E-state index in [1.165, 1.54) is 11.3 Å². The van der Waals surface area contributed by atoms with Gasteiger partial charge in [-0.2, -0.15) is 0 Å². The van der Waals surface area contributed by atoms with Crippen LogP contribution < -0.4 is 10.6 Å². The van der Waals surface area contributed by atoms with Crippen LogP contribution in [0, 0.1) is 0 Å². The fourth-order valence-corrected chi connectivity index (χ4v) is 5.37. The lowest BCUT2D eigenvalue weighted by Crippen LogP contribution is -2.57. The number of rotatable bonds is 4. The maximum Gasteiger partial charge on any atom is 0.308 e. The van der Waals surface area contributed by atoms with Gasteiger partial charge in [-0.25, -0.2) is 4.98 Å². The summed E-state index contributed by atoms with van der Waals surface area (Å²) in [5, 5.41) is 7.51. The second-order valence-corrected chi connectivity index (χ2v) is 9.86. The van der Waals surface area contributed by atoms with Crippen LogP contribution in [0.1, 0.15) is 37.3 Å². The highest BCUT2D eigenvalue weighted by Crippen LogP contribution is 2.25. The van der Waals surface area contributed by atoms with E-state index in [1.807, 2.05) is 7.05 Å². The van der Waals surface area contributed by atoms with Crippen LogP contribution in [0.2, 0.25) is 5.02 Å². The number of aromatic amines is 1. The molecule has 0 bridgehead atoms. The number of carbonyl (C=O) groups is 3. The molecule has 1 saturated heterocycles. The number of thiazole rings is 1. The van der Waals surface area contributed by atoms with Gasteiger partial charge in [0.05, 0.1) is 24.2 Å². The van der Waals surface area contributed by atoms with Crippen molar-refractivity contribution in [1.29, 1.82) is 0 Å². The number of ether oxygens (including phenoxy) is 1. The highest BCUT2D eigenvalue weighted by molar-refractivity contribution is 7.13. The van der Waals surface area contributed by atoms with E-state index in [1.54, 1.807) is 24.3 Å². The van der Waals surface area contributed by atoms with Crippen LogP contribution in [0.3, 0.4) is 0 Å². The van der Waals surface area contributed by atoms with Gasteiger partial charge < -0.3 is 25.3 Å². The molecule has 2 aromatic heterocycles. The van der Waals surface area contributed by atoms with Crippen molar-refractivity contribution in [3.8, 4) is 0 Å². The standard InChI is InChI=1S/C22H22ClN5O4S.ClH/c1-28-5-4-14-18(9-28)33-22(27-14)21(31)26-17-10-32-19(29)8-15(17)25-20(30)16-7-11-6-12(23)2-3-13(11)24-16;/h2-3,6-7,15,17,24H,4-5,8-10H2,1H3,(H,25,30)(H,26,31);1H/t15-,17-;/m0./s1. The molecule has 2 aliphatic heterocycles. The molecular weight excluding hydrogens is 501 g/mol. The number of nitrogens with one attached hydrogen (secondary N) is 3. The Hall–Kier alpha value is -2.66. The van der Waals surface area contributed by atoms with Crippen LogP contribution in [-0.4, -0.2) is 64.9 Å². The van der Waals surface area contributed by atoms with Gasteiger partial charge >= 0.3 is 5.97 Å². The van der Waals surface area contributed by atoms with E-state index < -0.39 is 18.1 Å². The summed E-state index contributed by atoms with van der Waals surface area (Å²) in [7, 11) is 2.04. The third-order valence-corrected chi connectivity index (χ3v) is 7.19. The van der Waals surface area contributed by atoms with Gasteiger partial charge in [-0.1, -0.05) is 11.6 Å². The lowest BCUT2D eigenvalue weighted by molar-refractivity contribution is -0.149. The molecule has 34 heavy (non-hydrogen) atoms. The number of aromatic nitrogens is 2. The van der Waals surface area contributed by atoms with Gasteiger partial charge in [-0.3, -0.25) is 14.4 Å². The molecule has 1 aromatic carbocycles. The Balaban J connectivity index is 0.00000274. The molecule has 0 saturated carbocycles. The van der Waals surface area contributed by atoms with E-state index in [0.29, 0.717) is 15.7 Å². The Morgan fingerprint density at radius 3 is 2.85 bits per heavy atom.